The highest BCUT2D eigenvalue weighted by Crippen LogP contribution is 2.33. The average Bonchev–Trinajstić information content (AvgIpc) is 3.46. The number of aromatic nitrogens is 4. The number of rotatable bonds is 10. The predicted octanol–water partition coefficient (Wildman–Crippen LogP) is 1.15. The normalized spacial score (nSPS) is 14.1. The number of aryl methyl sites for hydroxylation is 2. The lowest BCUT2D eigenvalue weighted by molar-refractivity contribution is -0.165. The van der Waals surface area contributed by atoms with Gasteiger partial charge in [0.2, 0.25) is 11.8 Å². The zero-order valence-electron chi connectivity index (χ0n) is 24.4. The van der Waals surface area contributed by atoms with E-state index in [0.29, 0.717) is 0 Å². The Hall–Kier alpha value is -4.16. The Morgan fingerprint density at radius 1 is 0.698 bits per heavy atom. The van der Waals surface area contributed by atoms with Crippen molar-refractivity contribution in [2.75, 3.05) is 14.1 Å². The number of ether oxygens (including phenoxy) is 1. The molecule has 0 aliphatic rings. The van der Waals surface area contributed by atoms with E-state index in [0.717, 1.165) is 35.9 Å². The third-order valence-corrected chi connectivity index (χ3v) is 6.17. The minimum Gasteiger partial charge on any atom is -0.364 e. The maximum absolute atomic E-state index is 13.5. The highest BCUT2D eigenvalue weighted by Gasteiger charge is 2.48. The zero-order valence-corrected chi connectivity index (χ0v) is 24.4. The van der Waals surface area contributed by atoms with Gasteiger partial charge in [0.25, 0.3) is 11.8 Å². The van der Waals surface area contributed by atoms with Gasteiger partial charge in [-0.1, -0.05) is 0 Å². The molecule has 13 nitrogen and oxygen atoms in total. The van der Waals surface area contributed by atoms with Crippen LogP contribution < -0.4 is 21.3 Å². The highest BCUT2D eigenvalue weighted by molar-refractivity contribution is 5.99. The van der Waals surface area contributed by atoms with E-state index in [4.69, 9.17) is 4.74 Å². The van der Waals surface area contributed by atoms with E-state index in [2.05, 4.69) is 31.5 Å². The molecular weight excluding hydrogens is 594 g/mol. The number of halogens is 6. The number of hydrogen-bond donors (Lipinski definition) is 4. The van der Waals surface area contributed by atoms with E-state index in [1.165, 1.54) is 41.8 Å². The van der Waals surface area contributed by atoms with Crippen LogP contribution in [-0.4, -0.2) is 80.6 Å². The number of likely N-dealkylation sites (N-methyl/N-ethyl adjacent to an activating group) is 2. The van der Waals surface area contributed by atoms with Crippen molar-refractivity contribution < 1.29 is 50.3 Å². The van der Waals surface area contributed by atoms with Gasteiger partial charge in [-0.25, -0.2) is 0 Å². The number of alkyl halides is 6. The summed E-state index contributed by atoms with van der Waals surface area (Å²) >= 11 is 0. The second kappa shape index (κ2) is 12.2. The number of nitrogens with one attached hydrogen (secondary N) is 4. The third-order valence-electron chi connectivity index (χ3n) is 6.17. The molecule has 240 valence electrons. The Morgan fingerprint density at radius 2 is 1.00 bits per heavy atom. The van der Waals surface area contributed by atoms with Gasteiger partial charge < -0.3 is 26.0 Å². The maximum Gasteiger partial charge on any atom is 0.435 e. The first-order valence-electron chi connectivity index (χ1n) is 12.4. The van der Waals surface area contributed by atoms with Gasteiger partial charge in [0.15, 0.2) is 11.4 Å². The fraction of sp³-hybridized carbons (Fsp3) is 0.583. The van der Waals surface area contributed by atoms with Crippen LogP contribution in [0.2, 0.25) is 0 Å². The van der Waals surface area contributed by atoms with Crippen molar-refractivity contribution >= 4 is 23.6 Å². The number of carbonyl (C=O) groups is 4. The molecular formula is C24H32F6N8O5. The molecule has 2 aromatic rings. The summed E-state index contributed by atoms with van der Waals surface area (Å²) < 4.78 is 88.3. The van der Waals surface area contributed by atoms with Crippen LogP contribution in [0.25, 0.3) is 0 Å². The SMILES string of the molecule is CNC(=O)C(NC(=O)c1cn(C)nc1C(F)(F)F)C(C)(C)OC(C)(C)C(NC(=O)c1cn(C)nc1C(F)(F)F)C(=O)NC. The summed E-state index contributed by atoms with van der Waals surface area (Å²) in [6.45, 7) is 5.09. The van der Waals surface area contributed by atoms with Crippen molar-refractivity contribution in [3.05, 3.63) is 34.9 Å². The first-order chi connectivity index (χ1) is 19.5. The molecule has 4 amide bonds. The summed E-state index contributed by atoms with van der Waals surface area (Å²) in [6.07, 6.45) is -8.38. The average molecular weight is 627 g/mol. The molecule has 0 saturated heterocycles. The van der Waals surface area contributed by atoms with Gasteiger partial charge in [-0.05, 0) is 27.7 Å². The molecule has 4 N–H and O–H groups in total. The molecule has 2 aromatic heterocycles. The summed E-state index contributed by atoms with van der Waals surface area (Å²) in [7, 11) is 4.70. The quantitative estimate of drug-likeness (QED) is 0.288. The molecule has 43 heavy (non-hydrogen) atoms. The molecule has 19 heteroatoms. The molecule has 0 aliphatic heterocycles. The zero-order chi connectivity index (χ0) is 33.3. The Labute approximate surface area is 241 Å². The predicted molar refractivity (Wildman–Crippen MR) is 136 cm³/mol. The van der Waals surface area contributed by atoms with Gasteiger partial charge >= 0.3 is 12.4 Å². The molecule has 0 aliphatic carbocycles. The van der Waals surface area contributed by atoms with Crippen LogP contribution in [0.3, 0.4) is 0 Å². The number of nitrogens with zero attached hydrogens (tertiary/aromatic N) is 4. The molecule has 0 radical (unpaired) electrons. The molecule has 2 rings (SSSR count). The van der Waals surface area contributed by atoms with Gasteiger partial charge in [-0.2, -0.15) is 36.5 Å². The summed E-state index contributed by atoms with van der Waals surface area (Å²) in [5.74, 6) is -4.46. The van der Waals surface area contributed by atoms with E-state index in [1.807, 2.05) is 0 Å². The molecule has 0 fully saturated rings. The Kier molecular flexibility index (Phi) is 9.95. The molecule has 2 heterocycles. The fourth-order valence-electron chi connectivity index (χ4n) is 4.34. The Bertz CT molecular complexity index is 1280. The lowest BCUT2D eigenvalue weighted by Crippen LogP contribution is -2.65. The maximum atomic E-state index is 13.5. The Balaban J connectivity index is 2.45. The first-order valence-corrected chi connectivity index (χ1v) is 12.4. The summed E-state index contributed by atoms with van der Waals surface area (Å²) in [6, 6.07) is -3.39. The molecule has 2 atom stereocenters. The third kappa shape index (κ3) is 8.02. The lowest BCUT2D eigenvalue weighted by Gasteiger charge is -2.43. The topological polar surface area (TPSA) is 161 Å². The van der Waals surface area contributed by atoms with Crippen molar-refractivity contribution in [1.82, 2.24) is 40.8 Å². The van der Waals surface area contributed by atoms with Crippen molar-refractivity contribution in [2.45, 2.75) is 63.3 Å². The first kappa shape index (κ1) is 35.0. The summed E-state index contributed by atoms with van der Waals surface area (Å²) in [5.41, 5.74) is -8.40. The van der Waals surface area contributed by atoms with Gasteiger partial charge in [-0.15, -0.1) is 0 Å². The molecule has 0 bridgehead atoms. The van der Waals surface area contributed by atoms with Crippen LogP contribution in [0.15, 0.2) is 12.4 Å². The van der Waals surface area contributed by atoms with Crippen molar-refractivity contribution in [3.63, 3.8) is 0 Å². The van der Waals surface area contributed by atoms with Gasteiger partial charge in [-0.3, -0.25) is 28.5 Å². The van der Waals surface area contributed by atoms with Crippen molar-refractivity contribution in [3.8, 4) is 0 Å². The summed E-state index contributed by atoms with van der Waals surface area (Å²) in [4.78, 5) is 51.6. The standard InChI is InChI=1S/C24H32F6N8O5/c1-21(2,15(19(41)31-5)33-17(39)11-9-37(7)35-13(11)23(25,26)27)43-22(3,4)16(20(42)32-6)34-18(40)12-10-38(8)36-14(12)24(28,29)30/h9-10,15-16H,1-8H3,(H,31,41)(H,32,42)(H,33,39)(H,34,40). The summed E-state index contributed by atoms with van der Waals surface area (Å²) in [5, 5.41) is 15.4. The van der Waals surface area contributed by atoms with E-state index >= 15 is 0 Å². The van der Waals surface area contributed by atoms with Gasteiger partial charge in [0, 0.05) is 40.6 Å². The van der Waals surface area contributed by atoms with E-state index < -0.39 is 81.8 Å². The largest absolute Gasteiger partial charge is 0.435 e. The molecule has 0 saturated carbocycles. The number of carbonyl (C=O) groups excluding carboxylic acids is 4. The van der Waals surface area contributed by atoms with Crippen molar-refractivity contribution in [2.24, 2.45) is 14.1 Å². The van der Waals surface area contributed by atoms with Crippen LogP contribution >= 0.6 is 0 Å². The highest BCUT2D eigenvalue weighted by atomic mass is 19.4. The van der Waals surface area contributed by atoms with Gasteiger partial charge in [0.05, 0.1) is 22.3 Å². The fourth-order valence-corrected chi connectivity index (χ4v) is 4.34. The van der Waals surface area contributed by atoms with Crippen LogP contribution in [0.1, 0.15) is 59.8 Å². The van der Waals surface area contributed by atoms with Crippen LogP contribution in [0, 0.1) is 0 Å². The minimum absolute atomic E-state index is 0.764. The van der Waals surface area contributed by atoms with E-state index in [9.17, 15) is 45.5 Å². The second-order valence-corrected chi connectivity index (χ2v) is 10.5. The minimum atomic E-state index is -5.00. The smallest absolute Gasteiger partial charge is 0.364 e. The van der Waals surface area contributed by atoms with E-state index in [-0.39, 0.29) is 0 Å². The molecule has 2 unspecified atom stereocenters. The Morgan fingerprint density at radius 3 is 1.26 bits per heavy atom. The second-order valence-electron chi connectivity index (χ2n) is 10.5. The van der Waals surface area contributed by atoms with Crippen LogP contribution in [0.4, 0.5) is 26.3 Å². The van der Waals surface area contributed by atoms with Crippen LogP contribution in [-0.2, 0) is 40.8 Å². The molecule has 0 aromatic carbocycles. The van der Waals surface area contributed by atoms with Gasteiger partial charge in [0.1, 0.15) is 12.1 Å². The number of amides is 4. The monoisotopic (exact) mass is 626 g/mol. The molecule has 0 spiro atoms. The van der Waals surface area contributed by atoms with Crippen molar-refractivity contribution in [1.29, 1.82) is 0 Å². The van der Waals surface area contributed by atoms with E-state index in [1.54, 1.807) is 0 Å². The van der Waals surface area contributed by atoms with Crippen LogP contribution in [0.5, 0.6) is 0 Å². The lowest BCUT2D eigenvalue weighted by atomic mass is 9.91. The number of hydrogen-bond acceptors (Lipinski definition) is 7.